The summed E-state index contributed by atoms with van der Waals surface area (Å²) in [5.41, 5.74) is 0. The third-order valence-electron chi connectivity index (χ3n) is 1.99. The maximum absolute atomic E-state index is 5.50. The highest BCUT2D eigenvalue weighted by atomic mass is 16.5. The Hall–Kier alpha value is -1.58. The van der Waals surface area contributed by atoms with Crippen LogP contribution >= 0.6 is 0 Å². The predicted molar refractivity (Wildman–Crippen MR) is 65.9 cm³/mol. The number of aryl methyl sites for hydroxylation is 1. The molecule has 1 rings (SSSR count). The van der Waals surface area contributed by atoms with Gasteiger partial charge in [-0.15, -0.1) is 0 Å². The molecule has 4 heteroatoms. The third-order valence-corrected chi connectivity index (χ3v) is 1.99. The molecule has 88 valence electrons. The van der Waals surface area contributed by atoms with Crippen molar-refractivity contribution in [3.8, 4) is 5.88 Å². The fourth-order valence-corrected chi connectivity index (χ4v) is 1.21. The van der Waals surface area contributed by atoms with Gasteiger partial charge in [-0.1, -0.05) is 19.1 Å². The van der Waals surface area contributed by atoms with E-state index in [4.69, 9.17) is 4.74 Å². The van der Waals surface area contributed by atoms with E-state index in [1.54, 1.807) is 0 Å². The van der Waals surface area contributed by atoms with Crippen LogP contribution in [0.2, 0.25) is 0 Å². The molecule has 0 saturated heterocycles. The molecule has 0 bridgehead atoms. The first kappa shape index (κ1) is 12.5. The molecule has 4 nitrogen and oxygen atoms in total. The van der Waals surface area contributed by atoms with Crippen molar-refractivity contribution in [2.45, 2.75) is 27.2 Å². The van der Waals surface area contributed by atoms with Crippen LogP contribution in [-0.4, -0.2) is 23.1 Å². The van der Waals surface area contributed by atoms with Gasteiger partial charge < -0.3 is 10.1 Å². The summed E-state index contributed by atoms with van der Waals surface area (Å²) in [6.45, 7) is 7.41. The van der Waals surface area contributed by atoms with E-state index in [1.165, 1.54) is 0 Å². The lowest BCUT2D eigenvalue weighted by Crippen LogP contribution is -2.05. The van der Waals surface area contributed by atoms with Gasteiger partial charge in [0.1, 0.15) is 18.2 Å². The summed E-state index contributed by atoms with van der Waals surface area (Å²) in [5, 5.41) is 3.16. The van der Waals surface area contributed by atoms with E-state index in [0.29, 0.717) is 12.5 Å². The highest BCUT2D eigenvalue weighted by molar-refractivity contribution is 5.38. The van der Waals surface area contributed by atoms with Crippen LogP contribution in [0.4, 0.5) is 5.82 Å². The minimum atomic E-state index is 0.544. The maximum Gasteiger partial charge on any atom is 0.219 e. The van der Waals surface area contributed by atoms with Crippen molar-refractivity contribution < 1.29 is 4.74 Å². The molecule has 0 aromatic carbocycles. The lowest BCUT2D eigenvalue weighted by Gasteiger charge is -2.08. The summed E-state index contributed by atoms with van der Waals surface area (Å²) in [6.07, 6.45) is 4.70. The van der Waals surface area contributed by atoms with Gasteiger partial charge in [0.15, 0.2) is 0 Å². The Bertz CT molecular complexity index is 350. The number of hydrogen-bond donors (Lipinski definition) is 1. The standard InChI is InChI=1S/C12H19N3O/c1-4-7-8-16-12-9-11(13-6-3)14-10(5-2)15-12/h4,7,9H,5-6,8H2,1-3H3,(H,13,14,15)/b7-4+. The SMILES string of the molecule is C/C=C/COc1cc(NCC)nc(CC)n1. The lowest BCUT2D eigenvalue weighted by molar-refractivity contribution is 0.346. The zero-order valence-electron chi connectivity index (χ0n) is 10.2. The zero-order valence-corrected chi connectivity index (χ0v) is 10.2. The minimum Gasteiger partial charge on any atom is -0.473 e. The van der Waals surface area contributed by atoms with Crippen LogP contribution < -0.4 is 10.1 Å². The van der Waals surface area contributed by atoms with Gasteiger partial charge in [0.05, 0.1) is 0 Å². The lowest BCUT2D eigenvalue weighted by atomic mass is 10.4. The first-order chi connectivity index (χ1) is 7.80. The van der Waals surface area contributed by atoms with Crippen LogP contribution in [0.1, 0.15) is 26.6 Å². The number of hydrogen-bond acceptors (Lipinski definition) is 4. The van der Waals surface area contributed by atoms with Crippen LogP contribution in [0, 0.1) is 0 Å². The molecule has 1 aromatic heterocycles. The van der Waals surface area contributed by atoms with Crippen molar-refractivity contribution in [1.82, 2.24) is 9.97 Å². The van der Waals surface area contributed by atoms with E-state index in [2.05, 4.69) is 15.3 Å². The first-order valence-corrected chi connectivity index (χ1v) is 5.65. The summed E-state index contributed by atoms with van der Waals surface area (Å²) in [5.74, 6) is 2.25. The Labute approximate surface area is 96.8 Å². The van der Waals surface area contributed by atoms with E-state index >= 15 is 0 Å². The van der Waals surface area contributed by atoms with Gasteiger partial charge in [0, 0.05) is 19.0 Å². The molecule has 0 fully saturated rings. The van der Waals surface area contributed by atoms with Crippen LogP contribution in [0.15, 0.2) is 18.2 Å². The normalized spacial score (nSPS) is 10.7. The molecule has 0 radical (unpaired) electrons. The molecular formula is C12H19N3O. The van der Waals surface area contributed by atoms with Gasteiger partial charge in [-0.2, -0.15) is 4.98 Å². The first-order valence-electron chi connectivity index (χ1n) is 5.65. The van der Waals surface area contributed by atoms with Crippen LogP contribution in [0.3, 0.4) is 0 Å². The molecule has 16 heavy (non-hydrogen) atoms. The molecule has 0 saturated carbocycles. The van der Waals surface area contributed by atoms with Crippen LogP contribution in [0.5, 0.6) is 5.88 Å². The Morgan fingerprint density at radius 1 is 1.38 bits per heavy atom. The molecule has 1 heterocycles. The molecule has 1 aromatic rings. The number of nitrogens with zero attached hydrogens (tertiary/aromatic N) is 2. The van der Waals surface area contributed by atoms with Gasteiger partial charge in [0.2, 0.25) is 5.88 Å². The Balaban J connectivity index is 2.77. The molecule has 0 spiro atoms. The fourth-order valence-electron chi connectivity index (χ4n) is 1.21. The summed E-state index contributed by atoms with van der Waals surface area (Å²) in [4.78, 5) is 8.65. The Morgan fingerprint density at radius 2 is 2.19 bits per heavy atom. The number of nitrogens with one attached hydrogen (secondary N) is 1. The molecule has 0 aliphatic heterocycles. The predicted octanol–water partition coefficient (Wildman–Crippen LogP) is 2.43. The van der Waals surface area contributed by atoms with E-state index in [1.807, 2.05) is 39.0 Å². The summed E-state index contributed by atoms with van der Waals surface area (Å²) >= 11 is 0. The number of anilines is 1. The minimum absolute atomic E-state index is 0.544. The highest BCUT2D eigenvalue weighted by Crippen LogP contribution is 2.13. The summed E-state index contributed by atoms with van der Waals surface area (Å²) < 4.78 is 5.50. The van der Waals surface area contributed by atoms with E-state index in [-0.39, 0.29) is 0 Å². The molecule has 0 aliphatic carbocycles. The van der Waals surface area contributed by atoms with Crippen LogP contribution in [0.25, 0.3) is 0 Å². The Kier molecular flexibility index (Phi) is 5.32. The fraction of sp³-hybridized carbons (Fsp3) is 0.500. The van der Waals surface area contributed by atoms with Gasteiger partial charge >= 0.3 is 0 Å². The second-order valence-electron chi connectivity index (χ2n) is 3.27. The second kappa shape index (κ2) is 6.82. The topological polar surface area (TPSA) is 47.0 Å². The van der Waals surface area contributed by atoms with E-state index in [9.17, 15) is 0 Å². The summed E-state index contributed by atoms with van der Waals surface area (Å²) in [7, 11) is 0. The van der Waals surface area contributed by atoms with Gasteiger partial charge in [-0.05, 0) is 13.8 Å². The molecule has 0 unspecified atom stereocenters. The van der Waals surface area contributed by atoms with E-state index < -0.39 is 0 Å². The van der Waals surface area contributed by atoms with Crippen molar-refractivity contribution in [2.24, 2.45) is 0 Å². The maximum atomic E-state index is 5.50. The molecule has 0 amide bonds. The molecular weight excluding hydrogens is 202 g/mol. The zero-order chi connectivity index (χ0) is 11.8. The van der Waals surface area contributed by atoms with Crippen molar-refractivity contribution >= 4 is 5.82 Å². The second-order valence-corrected chi connectivity index (χ2v) is 3.27. The quantitative estimate of drug-likeness (QED) is 0.749. The number of ether oxygens (including phenoxy) is 1. The summed E-state index contributed by atoms with van der Waals surface area (Å²) in [6, 6.07) is 1.83. The van der Waals surface area contributed by atoms with Crippen molar-refractivity contribution in [2.75, 3.05) is 18.5 Å². The van der Waals surface area contributed by atoms with Crippen molar-refractivity contribution in [3.05, 3.63) is 24.0 Å². The van der Waals surface area contributed by atoms with Crippen LogP contribution in [-0.2, 0) is 6.42 Å². The monoisotopic (exact) mass is 221 g/mol. The highest BCUT2D eigenvalue weighted by Gasteiger charge is 2.02. The largest absolute Gasteiger partial charge is 0.473 e. The molecule has 0 aliphatic rings. The Morgan fingerprint density at radius 3 is 2.81 bits per heavy atom. The van der Waals surface area contributed by atoms with Gasteiger partial charge in [-0.3, -0.25) is 0 Å². The number of rotatable bonds is 6. The number of allylic oxidation sites excluding steroid dienone is 1. The molecule has 0 atom stereocenters. The number of aromatic nitrogens is 2. The van der Waals surface area contributed by atoms with Gasteiger partial charge in [0.25, 0.3) is 0 Å². The molecule has 1 N–H and O–H groups in total. The van der Waals surface area contributed by atoms with Crippen molar-refractivity contribution in [3.63, 3.8) is 0 Å². The van der Waals surface area contributed by atoms with Gasteiger partial charge in [-0.25, -0.2) is 4.98 Å². The average Bonchev–Trinajstić information content (AvgIpc) is 2.29. The third kappa shape index (κ3) is 3.88. The average molecular weight is 221 g/mol. The van der Waals surface area contributed by atoms with Crippen molar-refractivity contribution in [1.29, 1.82) is 0 Å². The van der Waals surface area contributed by atoms with E-state index in [0.717, 1.165) is 24.6 Å². The smallest absolute Gasteiger partial charge is 0.219 e.